The number of hydrogen-bond acceptors (Lipinski definition) is 4. The molecule has 8 aromatic carbocycles. The molecule has 0 saturated carbocycles. The number of anilines is 3. The van der Waals surface area contributed by atoms with Crippen molar-refractivity contribution in [2.45, 2.75) is 5.41 Å². The summed E-state index contributed by atoms with van der Waals surface area (Å²) in [6.45, 7) is 0. The highest BCUT2D eigenvalue weighted by atomic mass is 32.1. The average molecular weight is 725 g/mol. The van der Waals surface area contributed by atoms with Gasteiger partial charge < -0.3 is 4.90 Å². The average Bonchev–Trinajstić information content (AvgIpc) is 3.92. The van der Waals surface area contributed by atoms with E-state index in [-0.39, 0.29) is 0 Å². The Morgan fingerprint density at radius 2 is 0.981 bits per heavy atom. The van der Waals surface area contributed by atoms with E-state index in [2.05, 4.69) is 199 Å². The fourth-order valence-electron chi connectivity index (χ4n) is 8.63. The van der Waals surface area contributed by atoms with Crippen molar-refractivity contribution in [3.05, 3.63) is 216 Å². The van der Waals surface area contributed by atoms with Crippen molar-refractivity contribution in [3.8, 4) is 21.7 Å². The summed E-state index contributed by atoms with van der Waals surface area (Å²) in [6, 6.07) is 71.1. The first-order chi connectivity index (χ1) is 26.8. The maximum atomic E-state index is 5.05. The van der Waals surface area contributed by atoms with Gasteiger partial charge in [0.05, 0.1) is 15.6 Å². The zero-order valence-corrected chi connectivity index (χ0v) is 30.8. The molecule has 0 radical (unpaired) electrons. The molecule has 0 saturated heterocycles. The molecule has 10 aromatic rings. The van der Waals surface area contributed by atoms with E-state index in [1.807, 2.05) is 11.3 Å². The first kappa shape index (κ1) is 31.2. The smallest absolute Gasteiger partial charge is 0.124 e. The number of benzene rings is 8. The molecule has 4 heteroatoms. The highest BCUT2D eigenvalue weighted by Crippen LogP contribution is 2.57. The summed E-state index contributed by atoms with van der Waals surface area (Å²) in [4.78, 5) is 7.49. The van der Waals surface area contributed by atoms with E-state index in [1.54, 1.807) is 11.3 Å². The lowest BCUT2D eigenvalue weighted by Crippen LogP contribution is -2.28. The minimum atomic E-state index is -0.488. The molecule has 1 aliphatic rings. The van der Waals surface area contributed by atoms with Gasteiger partial charge in [0.2, 0.25) is 0 Å². The van der Waals surface area contributed by atoms with E-state index in [9.17, 15) is 0 Å². The third-order valence-corrected chi connectivity index (χ3v) is 13.2. The Kier molecular flexibility index (Phi) is 7.16. The number of aromatic nitrogens is 1. The van der Waals surface area contributed by atoms with Gasteiger partial charge in [0.1, 0.15) is 5.01 Å². The van der Waals surface area contributed by atoms with Crippen LogP contribution in [0.2, 0.25) is 0 Å². The lowest BCUT2D eigenvalue weighted by molar-refractivity contribution is 0.768. The van der Waals surface area contributed by atoms with Crippen LogP contribution in [0, 0.1) is 0 Å². The van der Waals surface area contributed by atoms with E-state index < -0.39 is 5.41 Å². The fourth-order valence-corrected chi connectivity index (χ4v) is 10.8. The molecule has 11 rings (SSSR count). The van der Waals surface area contributed by atoms with Crippen molar-refractivity contribution in [2.24, 2.45) is 0 Å². The first-order valence-corrected chi connectivity index (χ1v) is 19.9. The predicted molar refractivity (Wildman–Crippen MR) is 230 cm³/mol. The number of thiophene rings is 1. The number of rotatable bonds is 6. The zero-order chi connectivity index (χ0) is 35.6. The monoisotopic (exact) mass is 724 g/mol. The summed E-state index contributed by atoms with van der Waals surface area (Å²) >= 11 is 3.61. The van der Waals surface area contributed by atoms with Gasteiger partial charge >= 0.3 is 0 Å². The van der Waals surface area contributed by atoms with E-state index in [0.29, 0.717) is 0 Å². The molecule has 0 N–H and O–H groups in total. The molecule has 2 heterocycles. The molecule has 0 amide bonds. The molecular formula is C50H32N2S2. The standard InChI is InChI=1S/C50H32N2S2/c1-4-14-33(15-5-1)49-51-45-29-26-38(32-48(45)54-49)52(37-25-28-42-41-21-11-13-23-46(41)53-47(42)31-37)36-24-27-40-39-20-10-12-22-43(39)50(44(40)30-36,34-16-6-2-7-17-34)35-18-8-3-9-19-35/h1-32H. The summed E-state index contributed by atoms with van der Waals surface area (Å²) in [6.07, 6.45) is 0. The molecule has 0 aliphatic heterocycles. The van der Waals surface area contributed by atoms with Gasteiger partial charge in [-0.05, 0) is 81.9 Å². The molecule has 0 fully saturated rings. The molecule has 254 valence electrons. The summed E-state index contributed by atoms with van der Waals surface area (Å²) < 4.78 is 3.75. The summed E-state index contributed by atoms with van der Waals surface area (Å²) in [5.74, 6) is 0. The Balaban J connectivity index is 1.16. The number of thiazole rings is 1. The van der Waals surface area contributed by atoms with Crippen LogP contribution in [0.5, 0.6) is 0 Å². The van der Waals surface area contributed by atoms with E-state index in [4.69, 9.17) is 4.98 Å². The molecule has 0 unspecified atom stereocenters. The van der Waals surface area contributed by atoms with Crippen molar-refractivity contribution >= 4 is 70.1 Å². The van der Waals surface area contributed by atoms with Crippen LogP contribution in [0.15, 0.2) is 194 Å². The summed E-state index contributed by atoms with van der Waals surface area (Å²) in [5.41, 5.74) is 12.7. The molecule has 0 atom stereocenters. The van der Waals surface area contributed by atoms with Gasteiger partial charge in [-0.3, -0.25) is 0 Å². The Bertz CT molecular complexity index is 2960. The SMILES string of the molecule is c1ccc(-c2nc3ccc(N(c4ccc5c(c4)C(c4ccccc4)(c4ccccc4)c4ccccc4-5)c4ccc5c(c4)sc4ccccc45)cc3s2)cc1. The van der Waals surface area contributed by atoms with Gasteiger partial charge in [0.25, 0.3) is 0 Å². The Labute approximate surface area is 321 Å². The van der Waals surface area contributed by atoms with Crippen LogP contribution in [0.25, 0.3) is 52.1 Å². The molecule has 54 heavy (non-hydrogen) atoms. The summed E-state index contributed by atoms with van der Waals surface area (Å²) in [7, 11) is 0. The third kappa shape index (κ3) is 4.74. The van der Waals surface area contributed by atoms with Crippen LogP contribution in [0.3, 0.4) is 0 Å². The second-order valence-electron chi connectivity index (χ2n) is 13.9. The normalized spacial score (nSPS) is 13.0. The van der Waals surface area contributed by atoms with E-state index >= 15 is 0 Å². The number of nitrogens with zero attached hydrogens (tertiary/aromatic N) is 2. The molecule has 2 aromatic heterocycles. The van der Waals surface area contributed by atoms with Crippen LogP contribution in [0.4, 0.5) is 17.1 Å². The van der Waals surface area contributed by atoms with Crippen LogP contribution in [-0.4, -0.2) is 4.98 Å². The zero-order valence-electron chi connectivity index (χ0n) is 29.2. The van der Waals surface area contributed by atoms with Crippen LogP contribution in [0.1, 0.15) is 22.3 Å². The van der Waals surface area contributed by atoms with Crippen molar-refractivity contribution in [3.63, 3.8) is 0 Å². The van der Waals surface area contributed by atoms with Crippen molar-refractivity contribution in [1.29, 1.82) is 0 Å². The molecular weight excluding hydrogens is 693 g/mol. The molecule has 1 aliphatic carbocycles. The highest BCUT2D eigenvalue weighted by molar-refractivity contribution is 7.25. The van der Waals surface area contributed by atoms with Crippen molar-refractivity contribution < 1.29 is 0 Å². The van der Waals surface area contributed by atoms with Gasteiger partial charge in [-0.15, -0.1) is 22.7 Å². The van der Waals surface area contributed by atoms with Gasteiger partial charge in [-0.1, -0.05) is 146 Å². The minimum Gasteiger partial charge on any atom is -0.310 e. The van der Waals surface area contributed by atoms with Crippen molar-refractivity contribution in [1.82, 2.24) is 4.98 Å². The Morgan fingerprint density at radius 1 is 0.407 bits per heavy atom. The van der Waals surface area contributed by atoms with E-state index in [0.717, 1.165) is 37.8 Å². The molecule has 0 bridgehead atoms. The van der Waals surface area contributed by atoms with Gasteiger partial charge in [-0.2, -0.15) is 0 Å². The maximum absolute atomic E-state index is 5.05. The quantitative estimate of drug-likeness (QED) is 0.170. The number of hydrogen-bond donors (Lipinski definition) is 0. The van der Waals surface area contributed by atoms with Gasteiger partial charge in [0.15, 0.2) is 0 Å². The molecule has 2 nitrogen and oxygen atoms in total. The lowest BCUT2D eigenvalue weighted by Gasteiger charge is -2.35. The fraction of sp³-hybridized carbons (Fsp3) is 0.0200. The first-order valence-electron chi connectivity index (χ1n) is 18.3. The molecule has 0 spiro atoms. The topological polar surface area (TPSA) is 16.1 Å². The highest BCUT2D eigenvalue weighted by Gasteiger charge is 2.46. The van der Waals surface area contributed by atoms with Gasteiger partial charge in [-0.25, -0.2) is 4.98 Å². The van der Waals surface area contributed by atoms with Gasteiger partial charge in [0, 0.05) is 42.8 Å². The van der Waals surface area contributed by atoms with Crippen molar-refractivity contribution in [2.75, 3.05) is 4.90 Å². The summed E-state index contributed by atoms with van der Waals surface area (Å²) in [5, 5.41) is 3.63. The predicted octanol–water partition coefficient (Wildman–Crippen LogP) is 14.2. The van der Waals surface area contributed by atoms with Crippen LogP contribution < -0.4 is 4.90 Å². The minimum absolute atomic E-state index is 0.488. The largest absolute Gasteiger partial charge is 0.310 e. The van der Waals surface area contributed by atoms with Crippen LogP contribution in [-0.2, 0) is 5.41 Å². The lowest BCUT2D eigenvalue weighted by atomic mass is 9.67. The Morgan fingerprint density at radius 3 is 1.76 bits per heavy atom. The maximum Gasteiger partial charge on any atom is 0.124 e. The third-order valence-electron chi connectivity index (χ3n) is 11.0. The second-order valence-corrected chi connectivity index (χ2v) is 16.0. The number of fused-ring (bicyclic) bond motifs is 7. The van der Waals surface area contributed by atoms with Crippen LogP contribution >= 0.6 is 22.7 Å². The second kappa shape index (κ2) is 12.4. The van der Waals surface area contributed by atoms with E-state index in [1.165, 1.54) is 53.6 Å². The Hall–Kier alpha value is -6.33.